The van der Waals surface area contributed by atoms with Crippen molar-refractivity contribution in [1.29, 1.82) is 0 Å². The third-order valence-corrected chi connectivity index (χ3v) is 2.05. The molecule has 1 N–H and O–H groups in total. The van der Waals surface area contributed by atoms with Gasteiger partial charge in [-0.2, -0.15) is 0 Å². The average Bonchev–Trinajstić information content (AvgIpc) is 2.72. The molecule has 1 aromatic heterocycles. The van der Waals surface area contributed by atoms with E-state index < -0.39 is 4.92 Å². The lowest BCUT2D eigenvalue weighted by Gasteiger charge is -2.00. The lowest BCUT2D eigenvalue weighted by molar-refractivity contribution is -0.402. The molecule has 0 spiro atoms. The maximum absolute atomic E-state index is 10.3. The van der Waals surface area contributed by atoms with Crippen LogP contribution in [0.4, 0.5) is 5.88 Å². The fourth-order valence-corrected chi connectivity index (χ4v) is 1.25. The first-order valence-corrected chi connectivity index (χ1v) is 5.11. The monoisotopic (exact) mass is 222 g/mol. The minimum atomic E-state index is -0.545. The van der Waals surface area contributed by atoms with E-state index in [1.807, 2.05) is 0 Å². The number of terminal acetylenes is 1. The zero-order chi connectivity index (χ0) is 11.8. The van der Waals surface area contributed by atoms with Crippen molar-refractivity contribution in [2.24, 2.45) is 0 Å². The van der Waals surface area contributed by atoms with Crippen LogP contribution in [0.5, 0.6) is 0 Å². The molecule has 1 heterocycles. The summed E-state index contributed by atoms with van der Waals surface area (Å²) in [6.07, 6.45) is 7.88. The van der Waals surface area contributed by atoms with E-state index in [0.29, 0.717) is 12.3 Å². The SMILES string of the molecule is C#CCCCCNCc1ccc([N+](=O)[O-])o1. The van der Waals surface area contributed by atoms with Crippen molar-refractivity contribution in [3.63, 3.8) is 0 Å². The predicted octanol–water partition coefficient (Wildman–Crippen LogP) is 2.08. The van der Waals surface area contributed by atoms with Crippen molar-refractivity contribution < 1.29 is 9.34 Å². The largest absolute Gasteiger partial charge is 0.433 e. The average molecular weight is 222 g/mol. The van der Waals surface area contributed by atoms with Crippen LogP contribution >= 0.6 is 0 Å². The second-order valence-corrected chi connectivity index (χ2v) is 3.34. The quantitative estimate of drug-likeness (QED) is 0.332. The molecular weight excluding hydrogens is 208 g/mol. The van der Waals surface area contributed by atoms with Crippen LogP contribution in [-0.2, 0) is 6.54 Å². The standard InChI is InChI=1S/C11H14N2O3/c1-2-3-4-5-8-12-9-10-6-7-11(16-10)13(14)15/h1,6-7,12H,3-5,8-9H2. The van der Waals surface area contributed by atoms with Crippen LogP contribution in [0.3, 0.4) is 0 Å². The number of nitro groups is 1. The summed E-state index contributed by atoms with van der Waals surface area (Å²) in [7, 11) is 0. The van der Waals surface area contributed by atoms with Gasteiger partial charge >= 0.3 is 5.88 Å². The van der Waals surface area contributed by atoms with E-state index in [1.54, 1.807) is 6.07 Å². The van der Waals surface area contributed by atoms with Crippen LogP contribution in [0.25, 0.3) is 0 Å². The summed E-state index contributed by atoms with van der Waals surface area (Å²) in [4.78, 5) is 9.79. The molecule has 0 aliphatic rings. The van der Waals surface area contributed by atoms with Gasteiger partial charge in [-0.15, -0.1) is 12.3 Å². The molecule has 0 saturated carbocycles. The molecule has 0 aliphatic heterocycles. The molecule has 5 heteroatoms. The Morgan fingerprint density at radius 2 is 2.31 bits per heavy atom. The molecule has 86 valence electrons. The molecule has 0 bridgehead atoms. The topological polar surface area (TPSA) is 68.3 Å². The number of hydrogen-bond acceptors (Lipinski definition) is 4. The van der Waals surface area contributed by atoms with Gasteiger partial charge in [-0.05, 0) is 25.5 Å². The molecule has 1 rings (SSSR count). The number of furan rings is 1. The van der Waals surface area contributed by atoms with Gasteiger partial charge in [0.2, 0.25) is 0 Å². The van der Waals surface area contributed by atoms with Gasteiger partial charge in [0.1, 0.15) is 10.7 Å². The van der Waals surface area contributed by atoms with Crippen LogP contribution in [0.1, 0.15) is 25.0 Å². The first-order valence-electron chi connectivity index (χ1n) is 5.11. The number of nitrogens with one attached hydrogen (secondary N) is 1. The summed E-state index contributed by atoms with van der Waals surface area (Å²) in [6, 6.07) is 2.96. The number of unbranched alkanes of at least 4 members (excludes halogenated alkanes) is 2. The summed E-state index contributed by atoms with van der Waals surface area (Å²) in [6.45, 7) is 1.33. The highest BCUT2D eigenvalue weighted by molar-refractivity contribution is 5.17. The Morgan fingerprint density at radius 1 is 1.50 bits per heavy atom. The molecular formula is C11H14N2O3. The highest BCUT2D eigenvalue weighted by Gasteiger charge is 2.10. The molecule has 0 atom stereocenters. The Hall–Kier alpha value is -1.80. The van der Waals surface area contributed by atoms with Crippen molar-refractivity contribution in [2.45, 2.75) is 25.8 Å². The molecule has 0 fully saturated rings. The summed E-state index contributed by atoms with van der Waals surface area (Å²) in [5.74, 6) is 2.93. The zero-order valence-electron chi connectivity index (χ0n) is 8.94. The minimum Gasteiger partial charge on any atom is -0.404 e. The highest BCUT2D eigenvalue weighted by atomic mass is 16.6. The molecule has 0 saturated heterocycles. The van der Waals surface area contributed by atoms with E-state index >= 15 is 0 Å². The molecule has 1 aromatic rings. The van der Waals surface area contributed by atoms with Crippen LogP contribution in [0.2, 0.25) is 0 Å². The Bertz CT molecular complexity index is 379. The van der Waals surface area contributed by atoms with E-state index in [9.17, 15) is 10.1 Å². The first kappa shape index (κ1) is 12.3. The predicted molar refractivity (Wildman–Crippen MR) is 59.8 cm³/mol. The second kappa shape index (κ2) is 6.64. The fourth-order valence-electron chi connectivity index (χ4n) is 1.25. The zero-order valence-corrected chi connectivity index (χ0v) is 8.94. The van der Waals surface area contributed by atoms with Crippen LogP contribution < -0.4 is 5.32 Å². The minimum absolute atomic E-state index is 0.218. The lowest BCUT2D eigenvalue weighted by Crippen LogP contribution is -2.13. The maximum Gasteiger partial charge on any atom is 0.433 e. The van der Waals surface area contributed by atoms with Gasteiger partial charge in [-0.1, -0.05) is 0 Å². The van der Waals surface area contributed by atoms with E-state index in [1.165, 1.54) is 6.07 Å². The Balaban J connectivity index is 2.17. The summed E-state index contributed by atoms with van der Waals surface area (Å²) >= 11 is 0. The van der Waals surface area contributed by atoms with Gasteiger partial charge in [-0.25, -0.2) is 0 Å². The van der Waals surface area contributed by atoms with E-state index in [-0.39, 0.29) is 5.88 Å². The third kappa shape index (κ3) is 4.15. The number of nitrogens with zero attached hydrogens (tertiary/aromatic N) is 1. The van der Waals surface area contributed by atoms with Gasteiger partial charge in [0.15, 0.2) is 0 Å². The molecule has 0 unspecified atom stereocenters. The molecule has 16 heavy (non-hydrogen) atoms. The van der Waals surface area contributed by atoms with Gasteiger partial charge < -0.3 is 9.73 Å². The van der Waals surface area contributed by atoms with E-state index in [2.05, 4.69) is 11.2 Å². The first-order chi connectivity index (χ1) is 7.74. The van der Waals surface area contributed by atoms with Gasteiger partial charge in [-0.3, -0.25) is 10.1 Å². The third-order valence-electron chi connectivity index (χ3n) is 2.05. The van der Waals surface area contributed by atoms with Crippen molar-refractivity contribution in [2.75, 3.05) is 6.54 Å². The van der Waals surface area contributed by atoms with E-state index in [4.69, 9.17) is 10.8 Å². The second-order valence-electron chi connectivity index (χ2n) is 3.34. The van der Waals surface area contributed by atoms with Crippen molar-refractivity contribution >= 4 is 5.88 Å². The highest BCUT2D eigenvalue weighted by Crippen LogP contribution is 2.15. The Morgan fingerprint density at radius 3 is 2.94 bits per heavy atom. The smallest absolute Gasteiger partial charge is 0.404 e. The van der Waals surface area contributed by atoms with Crippen molar-refractivity contribution in [3.05, 3.63) is 28.0 Å². The Labute approximate surface area is 94.0 Å². The number of rotatable bonds is 7. The summed E-state index contributed by atoms with van der Waals surface area (Å²) in [5, 5.41) is 13.5. The van der Waals surface area contributed by atoms with Gasteiger partial charge in [0.25, 0.3) is 0 Å². The van der Waals surface area contributed by atoms with Gasteiger partial charge in [0, 0.05) is 6.42 Å². The summed E-state index contributed by atoms with van der Waals surface area (Å²) < 4.78 is 4.98. The maximum atomic E-state index is 10.3. The van der Waals surface area contributed by atoms with E-state index in [0.717, 1.165) is 25.8 Å². The number of hydrogen-bond donors (Lipinski definition) is 1. The molecule has 0 radical (unpaired) electrons. The lowest BCUT2D eigenvalue weighted by atomic mass is 10.2. The Kier molecular flexibility index (Phi) is 5.09. The van der Waals surface area contributed by atoms with Crippen LogP contribution in [-0.4, -0.2) is 11.5 Å². The summed E-state index contributed by atoms with van der Waals surface area (Å²) in [5.41, 5.74) is 0. The van der Waals surface area contributed by atoms with Crippen molar-refractivity contribution in [1.82, 2.24) is 5.32 Å². The molecule has 5 nitrogen and oxygen atoms in total. The van der Waals surface area contributed by atoms with Gasteiger partial charge in [0.05, 0.1) is 12.6 Å². The van der Waals surface area contributed by atoms with Crippen LogP contribution in [0, 0.1) is 22.5 Å². The molecule has 0 amide bonds. The fraction of sp³-hybridized carbons (Fsp3) is 0.455. The van der Waals surface area contributed by atoms with Crippen molar-refractivity contribution in [3.8, 4) is 12.3 Å². The normalized spacial score (nSPS) is 9.94. The van der Waals surface area contributed by atoms with Crippen LogP contribution in [0.15, 0.2) is 16.5 Å². The molecule has 0 aliphatic carbocycles. The molecule has 0 aromatic carbocycles.